The summed E-state index contributed by atoms with van der Waals surface area (Å²) in [7, 11) is -10.2. The van der Waals surface area contributed by atoms with Gasteiger partial charge in [0.25, 0.3) is 5.09 Å². The smallest absolute Gasteiger partial charge is 0.430 e. The Bertz CT molecular complexity index is 1060. The van der Waals surface area contributed by atoms with Gasteiger partial charge in [0.2, 0.25) is 12.0 Å². The minimum atomic E-state index is -10.2. The van der Waals surface area contributed by atoms with Crippen LogP contribution in [0.15, 0.2) is 28.7 Å². The lowest BCUT2D eigenvalue weighted by Gasteiger charge is -2.41. The van der Waals surface area contributed by atoms with Gasteiger partial charge in [0, 0.05) is 19.0 Å². The number of amides is 1. The molecule has 0 saturated heterocycles. The topological polar surface area (TPSA) is 108 Å². The zero-order chi connectivity index (χ0) is 26.9. The lowest BCUT2D eigenvalue weighted by Crippen LogP contribution is -2.41. The summed E-state index contributed by atoms with van der Waals surface area (Å²) in [5.41, 5.74) is -2.19. The van der Waals surface area contributed by atoms with Crippen molar-refractivity contribution in [2.75, 3.05) is 26.3 Å². The first-order valence-corrected chi connectivity index (χ1v) is 11.2. The number of fused-ring (bicyclic) bond motifs is 1. The Balaban J connectivity index is 2.26. The Hall–Kier alpha value is -3.31. The molecule has 18 heteroatoms. The van der Waals surface area contributed by atoms with Crippen LogP contribution >= 0.6 is 10.2 Å². The minimum absolute atomic E-state index is 0.135. The summed E-state index contributed by atoms with van der Waals surface area (Å²) < 4.78 is 115. The largest absolute Gasteiger partial charge is 0.475 e. The highest BCUT2D eigenvalue weighted by Crippen LogP contribution is 3.02. The number of halogens is 8. The third-order valence-corrected chi connectivity index (χ3v) is 5.54. The molecular formula is C17H16F8N2O7S. The van der Waals surface area contributed by atoms with Crippen molar-refractivity contribution in [3.8, 4) is 5.75 Å². The van der Waals surface area contributed by atoms with Gasteiger partial charge in [-0.15, -0.1) is 10.1 Å². The quantitative estimate of drug-likeness (QED) is 0.193. The number of nitrogens with zero attached hydrogens (tertiary/aromatic N) is 2. The maximum Gasteiger partial charge on any atom is 0.430 e. The van der Waals surface area contributed by atoms with Crippen molar-refractivity contribution in [1.29, 1.82) is 0 Å². The molecule has 1 amide bonds. The maximum atomic E-state index is 13.4. The summed E-state index contributed by atoms with van der Waals surface area (Å²) >= 11 is 0. The number of carbonyl (C=O) groups excluding carboxylic acids is 2. The highest BCUT2D eigenvalue weighted by molar-refractivity contribution is 8.45. The molecule has 35 heavy (non-hydrogen) atoms. The third-order valence-electron chi connectivity index (χ3n) is 4.40. The van der Waals surface area contributed by atoms with Crippen molar-refractivity contribution in [3.63, 3.8) is 0 Å². The molecule has 0 saturated carbocycles. The number of rotatable bonds is 9. The molecular weight excluding hydrogens is 528 g/mol. The minimum Gasteiger partial charge on any atom is -0.475 e. The van der Waals surface area contributed by atoms with E-state index in [4.69, 9.17) is 0 Å². The van der Waals surface area contributed by atoms with E-state index in [0.717, 1.165) is 11.8 Å². The highest BCUT2D eigenvalue weighted by atomic mass is 32.5. The van der Waals surface area contributed by atoms with Crippen LogP contribution in [-0.2, 0) is 19.2 Å². The summed E-state index contributed by atoms with van der Waals surface area (Å²) in [5.74, 6) is -3.19. The second-order valence-corrected chi connectivity index (χ2v) is 9.42. The lowest BCUT2D eigenvalue weighted by molar-refractivity contribution is -0.757. The number of ether oxygens (including phenoxy) is 2. The van der Waals surface area contributed by atoms with Gasteiger partial charge >= 0.3 is 22.4 Å². The number of alkyl halides is 3. The standard InChI is InChI=1S/C17H16F8N2O7S/c1-10(28)26(5-7-33-27(30)31)4-6-32-16(29)13-9-11-8-12(35(21,22,23,24)25)2-3-14(11)34-15(13)17(18,19)20/h2-3,8-9,15H,4-7H2,1H3. The van der Waals surface area contributed by atoms with Crippen molar-refractivity contribution in [2.24, 2.45) is 0 Å². The van der Waals surface area contributed by atoms with Gasteiger partial charge in [0.05, 0.1) is 12.1 Å². The Morgan fingerprint density at radius 2 is 1.74 bits per heavy atom. The van der Waals surface area contributed by atoms with Crippen LogP contribution in [-0.4, -0.2) is 60.4 Å². The molecule has 0 N–H and O–H groups in total. The van der Waals surface area contributed by atoms with E-state index in [9.17, 15) is 52.3 Å². The van der Waals surface area contributed by atoms with Gasteiger partial charge in [-0.2, -0.15) is 13.2 Å². The van der Waals surface area contributed by atoms with Gasteiger partial charge in [-0.1, -0.05) is 19.4 Å². The first-order chi connectivity index (χ1) is 15.7. The Labute approximate surface area is 191 Å². The summed E-state index contributed by atoms with van der Waals surface area (Å²) in [4.78, 5) is 36.4. The Kier molecular flexibility index (Phi) is 6.96. The van der Waals surface area contributed by atoms with Gasteiger partial charge in [0.1, 0.15) is 23.9 Å². The second-order valence-electron chi connectivity index (χ2n) is 7.01. The van der Waals surface area contributed by atoms with Crippen LogP contribution in [0.1, 0.15) is 12.5 Å². The molecule has 1 aliphatic rings. The molecule has 9 nitrogen and oxygen atoms in total. The predicted octanol–water partition coefficient (Wildman–Crippen LogP) is 4.65. The van der Waals surface area contributed by atoms with Crippen molar-refractivity contribution >= 4 is 28.2 Å². The van der Waals surface area contributed by atoms with Crippen molar-refractivity contribution < 1.29 is 61.6 Å². The van der Waals surface area contributed by atoms with Gasteiger partial charge in [-0.3, -0.25) is 4.79 Å². The Morgan fingerprint density at radius 3 is 2.26 bits per heavy atom. The van der Waals surface area contributed by atoms with Crippen LogP contribution in [0.3, 0.4) is 0 Å². The number of benzene rings is 1. The van der Waals surface area contributed by atoms with Crippen molar-refractivity contribution in [2.45, 2.75) is 24.1 Å². The fourth-order valence-corrected chi connectivity index (χ4v) is 3.49. The van der Waals surface area contributed by atoms with E-state index in [1.807, 2.05) is 0 Å². The molecule has 1 aromatic carbocycles. The number of esters is 1. The molecule has 1 aromatic rings. The maximum absolute atomic E-state index is 13.4. The molecule has 0 radical (unpaired) electrons. The predicted molar refractivity (Wildman–Crippen MR) is 102 cm³/mol. The van der Waals surface area contributed by atoms with E-state index in [0.29, 0.717) is 6.08 Å². The fraction of sp³-hybridized carbons (Fsp3) is 0.412. The van der Waals surface area contributed by atoms with Gasteiger partial charge in [-0.25, -0.2) is 4.79 Å². The van der Waals surface area contributed by atoms with Crippen LogP contribution in [0.4, 0.5) is 32.6 Å². The van der Waals surface area contributed by atoms with E-state index in [2.05, 4.69) is 14.3 Å². The van der Waals surface area contributed by atoms with E-state index < -0.39 is 81.0 Å². The number of carbonyl (C=O) groups is 2. The molecule has 2 rings (SSSR count). The van der Waals surface area contributed by atoms with Crippen LogP contribution < -0.4 is 4.74 Å². The van der Waals surface area contributed by atoms with Crippen LogP contribution in [0.25, 0.3) is 6.08 Å². The molecule has 198 valence electrons. The molecule has 1 aliphatic heterocycles. The molecule has 0 fully saturated rings. The summed E-state index contributed by atoms with van der Waals surface area (Å²) in [5, 5.41) is 9.00. The zero-order valence-electron chi connectivity index (χ0n) is 17.4. The number of hydrogen-bond donors (Lipinski definition) is 0. The van der Waals surface area contributed by atoms with Crippen LogP contribution in [0.5, 0.6) is 5.75 Å². The van der Waals surface area contributed by atoms with E-state index in [1.54, 1.807) is 0 Å². The second kappa shape index (κ2) is 8.72. The molecule has 0 bridgehead atoms. The molecule has 0 aliphatic carbocycles. The zero-order valence-corrected chi connectivity index (χ0v) is 18.2. The summed E-state index contributed by atoms with van der Waals surface area (Å²) in [6.45, 7) is -1.01. The third kappa shape index (κ3) is 7.59. The lowest BCUT2D eigenvalue weighted by atomic mass is 10.0. The molecule has 1 unspecified atom stereocenters. The van der Waals surface area contributed by atoms with Gasteiger partial charge < -0.3 is 19.2 Å². The summed E-state index contributed by atoms with van der Waals surface area (Å²) in [6, 6.07) is -0.00874. The average Bonchev–Trinajstić information content (AvgIpc) is 2.68. The Morgan fingerprint density at radius 1 is 1.14 bits per heavy atom. The fourth-order valence-electron chi connectivity index (χ4n) is 2.81. The molecule has 1 atom stereocenters. The van der Waals surface area contributed by atoms with Crippen LogP contribution in [0.2, 0.25) is 0 Å². The van der Waals surface area contributed by atoms with E-state index in [1.165, 1.54) is 0 Å². The molecule has 1 heterocycles. The van der Waals surface area contributed by atoms with Crippen molar-refractivity contribution in [1.82, 2.24) is 4.90 Å². The van der Waals surface area contributed by atoms with Crippen molar-refractivity contribution in [3.05, 3.63) is 39.4 Å². The highest BCUT2D eigenvalue weighted by Gasteiger charge is 2.65. The SMILES string of the molecule is CC(=O)N(CCOC(=O)C1=Cc2cc(S(F)(F)(F)(F)F)ccc2OC1C(F)(F)F)CCO[N+](=O)[O-]. The summed E-state index contributed by atoms with van der Waals surface area (Å²) in [6.07, 6.45) is -7.93. The molecule has 0 aromatic heterocycles. The monoisotopic (exact) mass is 544 g/mol. The normalized spacial score (nSPS) is 17.6. The first kappa shape index (κ1) is 27.9. The number of hydrogen-bond acceptors (Lipinski definition) is 7. The average molecular weight is 544 g/mol. The first-order valence-electron chi connectivity index (χ1n) is 9.22. The van der Waals surface area contributed by atoms with Crippen LogP contribution in [0, 0.1) is 10.1 Å². The molecule has 0 spiro atoms. The van der Waals surface area contributed by atoms with Gasteiger partial charge in [-0.05, 0) is 24.3 Å². The van der Waals surface area contributed by atoms with E-state index >= 15 is 0 Å². The van der Waals surface area contributed by atoms with E-state index in [-0.39, 0.29) is 24.7 Å². The van der Waals surface area contributed by atoms with Gasteiger partial charge in [0.15, 0.2) is 0 Å².